The van der Waals surface area contributed by atoms with Gasteiger partial charge >= 0.3 is 17.9 Å². The van der Waals surface area contributed by atoms with Crippen LogP contribution in [0.1, 0.15) is 126 Å². The fourth-order valence-electron chi connectivity index (χ4n) is 8.41. The lowest BCUT2D eigenvalue weighted by molar-refractivity contribution is -0.157. The van der Waals surface area contributed by atoms with Gasteiger partial charge in [-0.2, -0.15) is 0 Å². The van der Waals surface area contributed by atoms with Crippen LogP contribution in [0, 0.1) is 10.8 Å². The van der Waals surface area contributed by atoms with Crippen molar-refractivity contribution in [3.8, 4) is 17.2 Å². The molecule has 2 aromatic rings. The molecule has 4 rings (SSSR count). The number of phenolic OH excluding ortho intramolecular Hbond substituents is 2. The number of hydrogen-bond donors (Lipinski definition) is 2. The van der Waals surface area contributed by atoms with Gasteiger partial charge in [0.25, 0.3) is 0 Å². The zero-order valence-corrected chi connectivity index (χ0v) is 44.7. The van der Waals surface area contributed by atoms with Crippen molar-refractivity contribution < 1.29 is 53.2 Å². The Kier molecular flexibility index (Phi) is 21.8. The van der Waals surface area contributed by atoms with Crippen molar-refractivity contribution in [3.63, 3.8) is 0 Å². The Bertz CT molecular complexity index is 2820. The standard InChI is InChI=1S/C63H72O11/c1-41(18-14-20-43(3)22-31-53-46(6)60(70)55(39-62(53,8)9)73-58(68)33-24-45(5)64)16-12-13-17-42(2)19-15-21-44(4)23-32-54-47(7)61(71)56(40-63(54,10)11)74-59(69)35-34-57(67)72-52-29-27-48(28-30-52)25-26-49-36-50(65)38-51(66)37-49/h12-23,25-32,36-38,55-56,65-66H,24,33-35,39-40H2,1-11H3/b13-12+,18-14+,19-15+,26-25+,31-22+,32-23+,41-16+,42-17+,43-20+,44-21+. The minimum absolute atomic E-state index is 0.0285. The van der Waals surface area contributed by atoms with Gasteiger partial charge in [0.05, 0.1) is 19.3 Å². The highest BCUT2D eigenvalue weighted by atomic mass is 16.6. The van der Waals surface area contributed by atoms with Crippen LogP contribution in [0.25, 0.3) is 12.2 Å². The molecule has 2 aliphatic rings. The number of aromatic hydroxyl groups is 2. The molecule has 0 aromatic heterocycles. The molecule has 2 N–H and O–H groups in total. The monoisotopic (exact) mass is 1000 g/mol. The van der Waals surface area contributed by atoms with E-state index in [-0.39, 0.29) is 54.5 Å². The van der Waals surface area contributed by atoms with E-state index in [1.807, 2.05) is 140 Å². The first-order valence-corrected chi connectivity index (χ1v) is 24.8. The molecular weight excluding hydrogens is 933 g/mol. The summed E-state index contributed by atoms with van der Waals surface area (Å²) >= 11 is 0. The number of ether oxygens (including phenoxy) is 3. The summed E-state index contributed by atoms with van der Waals surface area (Å²) in [5.41, 5.74) is 7.51. The lowest BCUT2D eigenvalue weighted by atomic mass is 9.71. The molecule has 2 atom stereocenters. The van der Waals surface area contributed by atoms with E-state index in [1.54, 1.807) is 50.3 Å². The predicted molar refractivity (Wildman–Crippen MR) is 293 cm³/mol. The number of hydrogen-bond acceptors (Lipinski definition) is 11. The quantitative estimate of drug-likeness (QED) is 0.0528. The molecule has 0 heterocycles. The van der Waals surface area contributed by atoms with Crippen LogP contribution in [0.3, 0.4) is 0 Å². The van der Waals surface area contributed by atoms with Crippen LogP contribution in [-0.4, -0.2) is 57.7 Å². The number of benzene rings is 2. The van der Waals surface area contributed by atoms with E-state index in [0.29, 0.717) is 35.3 Å². The van der Waals surface area contributed by atoms with E-state index >= 15 is 0 Å². The minimum atomic E-state index is -0.961. The van der Waals surface area contributed by atoms with Crippen molar-refractivity contribution in [1.29, 1.82) is 0 Å². The van der Waals surface area contributed by atoms with E-state index in [9.17, 15) is 39.0 Å². The van der Waals surface area contributed by atoms with Gasteiger partial charge in [0, 0.05) is 25.3 Å². The topological polar surface area (TPSA) is 171 Å². The SMILES string of the molecule is CC(=O)CCC(=O)OC1CC(C)(C)C(/C=C/C(C)=C/C=C/C(C)=C/C=C/C=C(C)/C=C/C=C(C)/C=C/C2=C(C)C(=O)C(OC(=O)CCC(=O)Oc3ccc(/C=C/c4cc(O)cc(O)c4)cc3)CC2(C)C)=C(C)C1=O. The van der Waals surface area contributed by atoms with Crippen molar-refractivity contribution in [2.24, 2.45) is 10.8 Å². The van der Waals surface area contributed by atoms with Crippen molar-refractivity contribution in [3.05, 3.63) is 183 Å². The van der Waals surface area contributed by atoms with Crippen molar-refractivity contribution in [2.75, 3.05) is 0 Å². The van der Waals surface area contributed by atoms with Crippen LogP contribution >= 0.6 is 0 Å². The summed E-state index contributed by atoms with van der Waals surface area (Å²) in [5.74, 6) is -2.18. The smallest absolute Gasteiger partial charge is 0.311 e. The summed E-state index contributed by atoms with van der Waals surface area (Å²) in [5, 5.41) is 19.3. The van der Waals surface area contributed by atoms with Gasteiger partial charge < -0.3 is 29.2 Å². The maximum absolute atomic E-state index is 13.4. The summed E-state index contributed by atoms with van der Waals surface area (Å²) in [6, 6.07) is 11.0. The lowest BCUT2D eigenvalue weighted by Gasteiger charge is -2.36. The number of carbonyl (C=O) groups is 6. The Morgan fingerprint density at radius 2 is 0.919 bits per heavy atom. The number of rotatable bonds is 21. The molecule has 2 aromatic carbocycles. The lowest BCUT2D eigenvalue weighted by Crippen LogP contribution is -2.39. The third kappa shape index (κ3) is 19.1. The molecule has 0 saturated heterocycles. The molecule has 0 bridgehead atoms. The first-order valence-electron chi connectivity index (χ1n) is 24.8. The number of allylic oxidation sites excluding steroid dienone is 20. The fraction of sp³-hybridized carbons (Fsp3) is 0.333. The van der Waals surface area contributed by atoms with Gasteiger partial charge in [0.15, 0.2) is 23.8 Å². The molecule has 0 saturated carbocycles. The number of esters is 3. The fourth-order valence-corrected chi connectivity index (χ4v) is 8.41. The van der Waals surface area contributed by atoms with E-state index in [0.717, 1.165) is 39.0 Å². The molecule has 390 valence electrons. The van der Waals surface area contributed by atoms with Crippen LogP contribution in [0.4, 0.5) is 0 Å². The Morgan fingerprint density at radius 1 is 0.527 bits per heavy atom. The molecular formula is C63H72O11. The number of ketones is 3. The molecule has 2 unspecified atom stereocenters. The maximum Gasteiger partial charge on any atom is 0.311 e. The Hall–Kier alpha value is -7.66. The normalized spacial score (nSPS) is 19.1. The highest BCUT2D eigenvalue weighted by Crippen LogP contribution is 2.42. The van der Waals surface area contributed by atoms with Crippen LogP contribution in [0.5, 0.6) is 17.2 Å². The van der Waals surface area contributed by atoms with Crippen molar-refractivity contribution in [2.45, 2.75) is 127 Å². The second-order valence-corrected chi connectivity index (χ2v) is 20.2. The average Bonchev–Trinajstić information content (AvgIpc) is 3.31. The van der Waals surface area contributed by atoms with Crippen LogP contribution in [0.15, 0.2) is 172 Å². The zero-order chi connectivity index (χ0) is 54.8. The number of Topliss-reactive ketones (excluding diaryl/α,β-unsaturated/α-hetero) is 3. The summed E-state index contributed by atoms with van der Waals surface area (Å²) in [6.07, 6.45) is 29.8. The third-order valence-electron chi connectivity index (χ3n) is 12.5. The second-order valence-electron chi connectivity index (χ2n) is 20.2. The van der Waals surface area contributed by atoms with Gasteiger partial charge in [-0.25, -0.2) is 0 Å². The van der Waals surface area contributed by atoms with Crippen LogP contribution in [0.2, 0.25) is 0 Å². The van der Waals surface area contributed by atoms with E-state index in [1.165, 1.54) is 25.1 Å². The largest absolute Gasteiger partial charge is 0.508 e. The molecule has 2 aliphatic carbocycles. The Balaban J connectivity index is 1.23. The molecule has 0 aliphatic heterocycles. The number of carbonyl (C=O) groups excluding carboxylic acids is 6. The Morgan fingerprint density at radius 3 is 1.36 bits per heavy atom. The van der Waals surface area contributed by atoms with Gasteiger partial charge in [-0.05, 0) is 117 Å². The van der Waals surface area contributed by atoms with Gasteiger partial charge in [-0.1, -0.05) is 159 Å². The molecule has 11 heteroatoms. The van der Waals surface area contributed by atoms with E-state index in [4.69, 9.17) is 14.2 Å². The predicted octanol–water partition coefficient (Wildman–Crippen LogP) is 13.3. The second kappa shape index (κ2) is 27.4. The third-order valence-corrected chi connectivity index (χ3v) is 12.5. The van der Waals surface area contributed by atoms with Crippen molar-refractivity contribution >= 4 is 47.4 Å². The minimum Gasteiger partial charge on any atom is -0.508 e. The first kappa shape index (κ1) is 58.9. The van der Waals surface area contributed by atoms with Crippen LogP contribution < -0.4 is 4.74 Å². The van der Waals surface area contributed by atoms with Gasteiger partial charge in [0.2, 0.25) is 0 Å². The molecule has 0 amide bonds. The van der Waals surface area contributed by atoms with E-state index < -0.39 is 40.9 Å². The Labute approximate surface area is 437 Å². The first-order chi connectivity index (χ1) is 34.8. The molecule has 11 nitrogen and oxygen atoms in total. The van der Waals surface area contributed by atoms with Crippen molar-refractivity contribution in [1.82, 2.24) is 0 Å². The molecule has 74 heavy (non-hydrogen) atoms. The summed E-state index contributed by atoms with van der Waals surface area (Å²) in [7, 11) is 0. The zero-order valence-electron chi connectivity index (χ0n) is 44.7. The number of phenols is 2. The molecule has 0 spiro atoms. The van der Waals surface area contributed by atoms with E-state index in [2.05, 4.69) is 0 Å². The highest BCUT2D eigenvalue weighted by Gasteiger charge is 2.41. The summed E-state index contributed by atoms with van der Waals surface area (Å²) in [4.78, 5) is 75.4. The maximum atomic E-state index is 13.4. The summed E-state index contributed by atoms with van der Waals surface area (Å²) < 4.78 is 16.5. The highest BCUT2D eigenvalue weighted by molar-refractivity contribution is 6.02. The molecule has 0 radical (unpaired) electrons. The summed E-state index contributed by atoms with van der Waals surface area (Å²) in [6.45, 7) is 21.0. The van der Waals surface area contributed by atoms with Gasteiger partial charge in [-0.3, -0.25) is 24.0 Å². The van der Waals surface area contributed by atoms with Crippen LogP contribution in [-0.2, 0) is 38.2 Å². The average molecular weight is 1010 g/mol. The van der Waals surface area contributed by atoms with Gasteiger partial charge in [0.1, 0.15) is 23.0 Å². The molecule has 0 fully saturated rings. The van der Waals surface area contributed by atoms with Gasteiger partial charge in [-0.15, -0.1) is 0 Å².